The number of carbonyl (C=O) groups is 1. The number of aliphatic carboxylic acids is 1. The molecule has 0 heterocycles. The average Bonchev–Trinajstić information content (AvgIpc) is 1.94. The molecule has 13 heavy (non-hydrogen) atoms. The number of hydrogen-bond donors (Lipinski definition) is 2. The summed E-state index contributed by atoms with van der Waals surface area (Å²) in [7, 11) is 0. The van der Waals surface area contributed by atoms with E-state index in [0.717, 1.165) is 0 Å². The first-order chi connectivity index (χ1) is 5.42. The predicted octanol–water partition coefficient (Wildman–Crippen LogP) is 1.26. The van der Waals surface area contributed by atoms with Crippen LogP contribution in [0.3, 0.4) is 0 Å². The van der Waals surface area contributed by atoms with Crippen LogP contribution in [0, 0.1) is 5.92 Å². The number of rotatable bonds is 1. The second-order valence-corrected chi connectivity index (χ2v) is 3.21. The van der Waals surface area contributed by atoms with Crippen molar-refractivity contribution < 1.29 is 18.7 Å². The van der Waals surface area contributed by atoms with Gasteiger partial charge < -0.3 is 10.8 Å². The molecule has 78 valence electrons. The van der Waals surface area contributed by atoms with Crippen LogP contribution >= 0.6 is 12.4 Å². The maximum Gasteiger partial charge on any atom is 0.308 e. The predicted molar refractivity (Wildman–Crippen MR) is 45.1 cm³/mol. The van der Waals surface area contributed by atoms with Crippen LogP contribution in [0.2, 0.25) is 0 Å². The summed E-state index contributed by atoms with van der Waals surface area (Å²) in [5.74, 6) is -5.16. The zero-order valence-electron chi connectivity index (χ0n) is 6.87. The monoisotopic (exact) mass is 215 g/mol. The van der Waals surface area contributed by atoms with E-state index in [1.165, 1.54) is 0 Å². The smallest absolute Gasteiger partial charge is 0.308 e. The maximum atomic E-state index is 12.7. The van der Waals surface area contributed by atoms with Crippen molar-refractivity contribution >= 4 is 18.4 Å². The topological polar surface area (TPSA) is 63.3 Å². The third-order valence-corrected chi connectivity index (χ3v) is 2.20. The fourth-order valence-electron chi connectivity index (χ4n) is 1.42. The van der Waals surface area contributed by atoms with Crippen LogP contribution in [-0.2, 0) is 4.79 Å². The second-order valence-electron chi connectivity index (χ2n) is 3.21. The van der Waals surface area contributed by atoms with E-state index < -0.39 is 30.3 Å². The van der Waals surface area contributed by atoms with E-state index in [-0.39, 0.29) is 25.2 Å². The number of hydrogen-bond acceptors (Lipinski definition) is 2. The molecule has 1 fully saturated rings. The van der Waals surface area contributed by atoms with Crippen LogP contribution in [0.4, 0.5) is 8.78 Å². The van der Waals surface area contributed by atoms with Crippen LogP contribution in [0.1, 0.15) is 19.3 Å². The molecule has 6 heteroatoms. The number of alkyl halides is 2. The van der Waals surface area contributed by atoms with Crippen LogP contribution in [0.25, 0.3) is 0 Å². The largest absolute Gasteiger partial charge is 0.481 e. The van der Waals surface area contributed by atoms with Gasteiger partial charge in [0.25, 0.3) is 0 Å². The van der Waals surface area contributed by atoms with E-state index in [2.05, 4.69) is 0 Å². The first-order valence-corrected chi connectivity index (χ1v) is 3.78. The second kappa shape index (κ2) is 4.19. The van der Waals surface area contributed by atoms with Gasteiger partial charge in [-0.15, -0.1) is 12.4 Å². The van der Waals surface area contributed by atoms with Crippen LogP contribution in [-0.4, -0.2) is 23.0 Å². The Hall–Kier alpha value is -0.420. The lowest BCUT2D eigenvalue weighted by atomic mass is 9.83. The first kappa shape index (κ1) is 12.6. The summed E-state index contributed by atoms with van der Waals surface area (Å²) < 4.78 is 25.3. The lowest BCUT2D eigenvalue weighted by Gasteiger charge is -2.31. The van der Waals surface area contributed by atoms with Gasteiger partial charge in [0.05, 0.1) is 5.92 Å². The quantitative estimate of drug-likeness (QED) is 0.692. The molecule has 1 saturated carbocycles. The highest BCUT2D eigenvalue weighted by Gasteiger charge is 2.43. The van der Waals surface area contributed by atoms with Gasteiger partial charge in [0, 0.05) is 18.9 Å². The zero-order chi connectivity index (χ0) is 9.35. The van der Waals surface area contributed by atoms with Crippen molar-refractivity contribution in [1.82, 2.24) is 0 Å². The maximum absolute atomic E-state index is 12.7. The lowest BCUT2D eigenvalue weighted by Crippen LogP contribution is -2.44. The van der Waals surface area contributed by atoms with Gasteiger partial charge in [-0.05, 0) is 6.42 Å². The van der Waals surface area contributed by atoms with Crippen molar-refractivity contribution in [3.63, 3.8) is 0 Å². The summed E-state index contributed by atoms with van der Waals surface area (Å²) in [6.07, 6.45) is -0.828. The molecule has 3 nitrogen and oxygen atoms in total. The highest BCUT2D eigenvalue weighted by molar-refractivity contribution is 5.85. The van der Waals surface area contributed by atoms with Crippen LogP contribution in [0.15, 0.2) is 0 Å². The third-order valence-electron chi connectivity index (χ3n) is 2.20. The van der Waals surface area contributed by atoms with Crippen molar-refractivity contribution in [1.29, 1.82) is 0 Å². The van der Waals surface area contributed by atoms with Gasteiger partial charge in [0.2, 0.25) is 5.92 Å². The molecule has 0 aromatic heterocycles. The molecule has 3 N–H and O–H groups in total. The molecule has 0 radical (unpaired) electrons. The SMILES string of the molecule is Cl.N[C@@H]1CCC(F)(F)C[C@@H]1C(=O)O. The highest BCUT2D eigenvalue weighted by atomic mass is 35.5. The molecule has 0 aliphatic heterocycles. The first-order valence-electron chi connectivity index (χ1n) is 3.78. The number of carboxylic acid groups (broad SMARTS) is 1. The molecule has 1 aliphatic carbocycles. The molecule has 2 atom stereocenters. The van der Waals surface area contributed by atoms with Crippen LogP contribution < -0.4 is 5.73 Å². The van der Waals surface area contributed by atoms with Gasteiger partial charge in [-0.3, -0.25) is 4.79 Å². The van der Waals surface area contributed by atoms with Gasteiger partial charge in [-0.25, -0.2) is 8.78 Å². The molecule has 0 amide bonds. The van der Waals surface area contributed by atoms with Crippen molar-refractivity contribution in [2.45, 2.75) is 31.2 Å². The van der Waals surface area contributed by atoms with Gasteiger partial charge in [0.15, 0.2) is 0 Å². The van der Waals surface area contributed by atoms with Gasteiger partial charge in [-0.2, -0.15) is 0 Å². The molecule has 1 aliphatic rings. The molecule has 0 aromatic carbocycles. The molecule has 1 rings (SSSR count). The Balaban J connectivity index is 0.00000144. The van der Waals surface area contributed by atoms with Gasteiger partial charge in [0.1, 0.15) is 0 Å². The Morgan fingerprint density at radius 3 is 2.46 bits per heavy atom. The Morgan fingerprint density at radius 1 is 1.54 bits per heavy atom. The fourth-order valence-corrected chi connectivity index (χ4v) is 1.42. The molecular formula is C7H12ClF2NO2. The minimum atomic E-state index is -2.85. The van der Waals surface area contributed by atoms with E-state index in [9.17, 15) is 13.6 Å². The average molecular weight is 216 g/mol. The van der Waals surface area contributed by atoms with Crippen molar-refractivity contribution in [2.75, 3.05) is 0 Å². The van der Waals surface area contributed by atoms with Crippen molar-refractivity contribution in [3.8, 4) is 0 Å². The fraction of sp³-hybridized carbons (Fsp3) is 0.857. The van der Waals surface area contributed by atoms with E-state index in [1.807, 2.05) is 0 Å². The molecule has 0 saturated heterocycles. The normalized spacial score (nSPS) is 31.9. The zero-order valence-corrected chi connectivity index (χ0v) is 7.69. The molecule has 0 bridgehead atoms. The Morgan fingerprint density at radius 2 is 2.08 bits per heavy atom. The number of nitrogens with two attached hydrogens (primary N) is 1. The summed E-state index contributed by atoms with van der Waals surface area (Å²) in [5, 5.41) is 8.53. The standard InChI is InChI=1S/C7H11F2NO2.ClH/c8-7(9)2-1-5(10)4(3-7)6(11)12;/h4-5H,1-3,10H2,(H,11,12);1H/t4-,5+;/m0./s1. The third kappa shape index (κ3) is 3.08. The molecule has 0 spiro atoms. The molecular weight excluding hydrogens is 204 g/mol. The minimum absolute atomic E-state index is 0. The highest BCUT2D eigenvalue weighted by Crippen LogP contribution is 2.36. The van der Waals surface area contributed by atoms with E-state index in [0.29, 0.717) is 0 Å². The Labute approximate surface area is 80.7 Å². The lowest BCUT2D eigenvalue weighted by molar-refractivity contribution is -0.150. The number of carboxylic acids is 1. The molecule has 0 unspecified atom stereocenters. The summed E-state index contributed by atoms with van der Waals surface area (Å²) in [6.45, 7) is 0. The summed E-state index contributed by atoms with van der Waals surface area (Å²) >= 11 is 0. The minimum Gasteiger partial charge on any atom is -0.481 e. The van der Waals surface area contributed by atoms with Crippen LogP contribution in [0.5, 0.6) is 0 Å². The Kier molecular flexibility index (Phi) is 4.06. The van der Waals surface area contributed by atoms with E-state index >= 15 is 0 Å². The molecule has 0 aromatic rings. The van der Waals surface area contributed by atoms with E-state index in [4.69, 9.17) is 10.8 Å². The van der Waals surface area contributed by atoms with Gasteiger partial charge >= 0.3 is 5.97 Å². The van der Waals surface area contributed by atoms with E-state index in [1.54, 1.807) is 0 Å². The summed E-state index contributed by atoms with van der Waals surface area (Å²) in [5.41, 5.74) is 5.39. The van der Waals surface area contributed by atoms with Crippen molar-refractivity contribution in [3.05, 3.63) is 0 Å². The summed E-state index contributed by atoms with van der Waals surface area (Å²) in [4.78, 5) is 10.4. The summed E-state index contributed by atoms with van der Waals surface area (Å²) in [6, 6.07) is -0.623. The van der Waals surface area contributed by atoms with Crippen molar-refractivity contribution in [2.24, 2.45) is 11.7 Å². The van der Waals surface area contributed by atoms with Gasteiger partial charge in [-0.1, -0.05) is 0 Å². The number of halogens is 3. The Bertz CT molecular complexity index is 201.